The highest BCUT2D eigenvalue weighted by Crippen LogP contribution is 2.36. The van der Waals surface area contributed by atoms with Crippen molar-refractivity contribution in [3.8, 4) is 0 Å². The molecule has 0 unspecified atom stereocenters. The number of hydrogen-bond acceptors (Lipinski definition) is 3. The first kappa shape index (κ1) is 14.9. The van der Waals surface area contributed by atoms with Crippen molar-refractivity contribution < 1.29 is 13.2 Å². The van der Waals surface area contributed by atoms with Crippen molar-refractivity contribution in [1.29, 1.82) is 0 Å². The standard InChI is InChI=1S/C12H25NO3S/c1-12(2)7-5-11(6-8-12)16-9-3-4-10-17(13,14)15/h11H,3-10H2,1-2H3,(H2,13,14,15). The number of primary sulfonamides is 1. The molecule has 0 aromatic carbocycles. The SMILES string of the molecule is CC1(C)CCC(OCCCCS(N)(=O)=O)CC1. The Hall–Kier alpha value is -0.130. The van der Waals surface area contributed by atoms with Crippen LogP contribution in [0.5, 0.6) is 0 Å². The van der Waals surface area contributed by atoms with Crippen molar-refractivity contribution in [1.82, 2.24) is 0 Å². The summed E-state index contributed by atoms with van der Waals surface area (Å²) >= 11 is 0. The lowest BCUT2D eigenvalue weighted by molar-refractivity contribution is 0.00328. The van der Waals surface area contributed by atoms with Gasteiger partial charge in [0, 0.05) is 6.61 Å². The van der Waals surface area contributed by atoms with Crippen LogP contribution >= 0.6 is 0 Å². The Labute approximate surface area is 105 Å². The molecule has 0 aromatic rings. The summed E-state index contributed by atoms with van der Waals surface area (Å²) in [5, 5.41) is 4.92. The molecule has 0 aromatic heterocycles. The van der Waals surface area contributed by atoms with Gasteiger partial charge in [-0.1, -0.05) is 13.8 Å². The van der Waals surface area contributed by atoms with Crippen LogP contribution in [0.25, 0.3) is 0 Å². The van der Waals surface area contributed by atoms with Crippen molar-refractivity contribution in [3.05, 3.63) is 0 Å². The Bertz CT molecular complexity index is 315. The highest BCUT2D eigenvalue weighted by molar-refractivity contribution is 7.89. The third-order valence-corrected chi connectivity index (χ3v) is 4.32. The zero-order chi connectivity index (χ0) is 12.9. The summed E-state index contributed by atoms with van der Waals surface area (Å²) in [6.07, 6.45) is 6.43. The molecule has 1 fully saturated rings. The molecule has 0 saturated heterocycles. The second kappa shape index (κ2) is 6.16. The summed E-state index contributed by atoms with van der Waals surface area (Å²) in [4.78, 5) is 0. The molecule has 1 rings (SSSR count). The highest BCUT2D eigenvalue weighted by atomic mass is 32.2. The fourth-order valence-electron chi connectivity index (χ4n) is 2.19. The van der Waals surface area contributed by atoms with Crippen LogP contribution in [-0.2, 0) is 14.8 Å². The smallest absolute Gasteiger partial charge is 0.209 e. The summed E-state index contributed by atoms with van der Waals surface area (Å²) in [6, 6.07) is 0. The lowest BCUT2D eigenvalue weighted by atomic mass is 9.76. The number of ether oxygens (including phenoxy) is 1. The molecule has 1 aliphatic carbocycles. The monoisotopic (exact) mass is 263 g/mol. The van der Waals surface area contributed by atoms with Crippen LogP contribution in [0.15, 0.2) is 0 Å². The maximum absolute atomic E-state index is 10.7. The second-order valence-corrected chi connectivity index (χ2v) is 7.54. The Morgan fingerprint density at radius 1 is 1.24 bits per heavy atom. The van der Waals surface area contributed by atoms with Gasteiger partial charge in [-0.15, -0.1) is 0 Å². The van der Waals surface area contributed by atoms with Crippen LogP contribution in [-0.4, -0.2) is 26.9 Å². The van der Waals surface area contributed by atoms with Crippen molar-refractivity contribution >= 4 is 10.0 Å². The fraction of sp³-hybridized carbons (Fsp3) is 1.00. The Kier molecular flexibility index (Phi) is 5.41. The summed E-state index contributed by atoms with van der Waals surface area (Å²) in [6.45, 7) is 5.26. The Morgan fingerprint density at radius 2 is 1.82 bits per heavy atom. The van der Waals surface area contributed by atoms with E-state index in [4.69, 9.17) is 9.88 Å². The summed E-state index contributed by atoms with van der Waals surface area (Å²) in [5.41, 5.74) is 0.466. The minimum absolute atomic E-state index is 0.0635. The van der Waals surface area contributed by atoms with Gasteiger partial charge in [0.05, 0.1) is 11.9 Å². The van der Waals surface area contributed by atoms with Gasteiger partial charge in [-0.2, -0.15) is 0 Å². The van der Waals surface area contributed by atoms with E-state index in [2.05, 4.69) is 13.8 Å². The molecule has 17 heavy (non-hydrogen) atoms. The van der Waals surface area contributed by atoms with Crippen LogP contribution in [0.3, 0.4) is 0 Å². The number of nitrogens with two attached hydrogens (primary N) is 1. The molecule has 2 N–H and O–H groups in total. The van der Waals surface area contributed by atoms with Gasteiger partial charge in [-0.05, 0) is 43.9 Å². The van der Waals surface area contributed by atoms with Crippen LogP contribution in [0.2, 0.25) is 0 Å². The van der Waals surface area contributed by atoms with Gasteiger partial charge in [-0.3, -0.25) is 0 Å². The predicted octanol–water partition coefficient (Wildman–Crippen LogP) is 2.04. The minimum Gasteiger partial charge on any atom is -0.378 e. The second-order valence-electron chi connectivity index (χ2n) is 5.81. The van der Waals surface area contributed by atoms with Crippen molar-refractivity contribution in [2.24, 2.45) is 10.6 Å². The van der Waals surface area contributed by atoms with E-state index in [9.17, 15) is 8.42 Å². The van der Waals surface area contributed by atoms with Gasteiger partial charge in [0.2, 0.25) is 10.0 Å². The average Bonchev–Trinajstić information content (AvgIpc) is 2.18. The van der Waals surface area contributed by atoms with Gasteiger partial charge < -0.3 is 4.74 Å². The maximum Gasteiger partial charge on any atom is 0.209 e. The molecule has 0 bridgehead atoms. The summed E-state index contributed by atoms with van der Waals surface area (Å²) in [7, 11) is -3.30. The zero-order valence-corrected chi connectivity index (χ0v) is 11.8. The molecule has 0 radical (unpaired) electrons. The predicted molar refractivity (Wildman–Crippen MR) is 69.2 cm³/mol. The van der Waals surface area contributed by atoms with Crippen LogP contribution in [0.4, 0.5) is 0 Å². The zero-order valence-electron chi connectivity index (χ0n) is 10.9. The lowest BCUT2D eigenvalue weighted by Gasteiger charge is -2.34. The fourth-order valence-corrected chi connectivity index (χ4v) is 2.80. The molecule has 0 heterocycles. The highest BCUT2D eigenvalue weighted by Gasteiger charge is 2.26. The number of rotatable bonds is 6. The largest absolute Gasteiger partial charge is 0.378 e. The minimum atomic E-state index is -3.30. The normalized spacial score (nSPS) is 21.6. The molecule has 0 amide bonds. The molecule has 0 atom stereocenters. The first-order valence-corrected chi connectivity index (χ1v) is 8.12. The number of hydrogen-bond donors (Lipinski definition) is 1. The van der Waals surface area contributed by atoms with Crippen molar-refractivity contribution in [3.63, 3.8) is 0 Å². The van der Waals surface area contributed by atoms with E-state index in [1.54, 1.807) is 0 Å². The molecule has 5 heteroatoms. The Morgan fingerprint density at radius 3 is 2.35 bits per heavy atom. The molecule has 4 nitrogen and oxygen atoms in total. The van der Waals surface area contributed by atoms with E-state index in [-0.39, 0.29) is 5.75 Å². The molecule has 0 spiro atoms. The number of sulfonamides is 1. The van der Waals surface area contributed by atoms with E-state index >= 15 is 0 Å². The van der Waals surface area contributed by atoms with E-state index < -0.39 is 10.0 Å². The van der Waals surface area contributed by atoms with Crippen molar-refractivity contribution in [2.75, 3.05) is 12.4 Å². The first-order valence-electron chi connectivity index (χ1n) is 6.41. The molecular weight excluding hydrogens is 238 g/mol. The van der Waals surface area contributed by atoms with Gasteiger partial charge in [-0.25, -0.2) is 13.6 Å². The van der Waals surface area contributed by atoms with Crippen LogP contribution in [0.1, 0.15) is 52.4 Å². The summed E-state index contributed by atoms with van der Waals surface area (Å²) < 4.78 is 27.2. The van der Waals surface area contributed by atoms with Gasteiger partial charge in [0.15, 0.2) is 0 Å². The van der Waals surface area contributed by atoms with Gasteiger partial charge >= 0.3 is 0 Å². The van der Waals surface area contributed by atoms with E-state index in [1.165, 1.54) is 12.8 Å². The topological polar surface area (TPSA) is 69.4 Å². The van der Waals surface area contributed by atoms with Crippen molar-refractivity contribution in [2.45, 2.75) is 58.5 Å². The first-order chi connectivity index (χ1) is 7.79. The van der Waals surface area contributed by atoms with E-state index in [1.807, 2.05) is 0 Å². The van der Waals surface area contributed by atoms with E-state index in [0.717, 1.165) is 19.3 Å². The lowest BCUT2D eigenvalue weighted by Crippen LogP contribution is -2.26. The van der Waals surface area contributed by atoms with Crippen LogP contribution < -0.4 is 5.14 Å². The van der Waals surface area contributed by atoms with Gasteiger partial charge in [0.1, 0.15) is 0 Å². The van der Waals surface area contributed by atoms with Gasteiger partial charge in [0.25, 0.3) is 0 Å². The quantitative estimate of drug-likeness (QED) is 0.746. The molecule has 0 aliphatic heterocycles. The van der Waals surface area contributed by atoms with E-state index in [0.29, 0.717) is 24.5 Å². The average molecular weight is 263 g/mol. The Balaban J connectivity index is 2.05. The summed E-state index contributed by atoms with van der Waals surface area (Å²) in [5.74, 6) is 0.0635. The molecule has 1 saturated carbocycles. The molecule has 102 valence electrons. The maximum atomic E-state index is 10.7. The molecular formula is C12H25NO3S. The van der Waals surface area contributed by atoms with Crippen LogP contribution in [0, 0.1) is 5.41 Å². The number of unbranched alkanes of at least 4 members (excludes halogenated alkanes) is 1. The third-order valence-electron chi connectivity index (χ3n) is 3.46. The molecule has 1 aliphatic rings. The third kappa shape index (κ3) is 7.01.